The molecule has 0 atom stereocenters. The number of hydrogen-bond donors (Lipinski definition) is 0. The van der Waals surface area contributed by atoms with Crippen molar-refractivity contribution in [2.75, 3.05) is 6.61 Å². The van der Waals surface area contributed by atoms with Gasteiger partial charge in [0, 0.05) is 11.1 Å². The van der Waals surface area contributed by atoms with Crippen LogP contribution in [0.4, 0.5) is 13.2 Å². The number of halogens is 3. The molecule has 2 saturated carbocycles. The van der Waals surface area contributed by atoms with Crippen molar-refractivity contribution in [1.82, 2.24) is 0 Å². The lowest BCUT2D eigenvalue weighted by Gasteiger charge is -2.32. The summed E-state index contributed by atoms with van der Waals surface area (Å²) < 4.78 is 51.7. The van der Waals surface area contributed by atoms with Crippen LogP contribution in [-0.4, -0.2) is 6.61 Å². The summed E-state index contributed by atoms with van der Waals surface area (Å²) in [5, 5.41) is 0. The third-order valence-corrected chi connectivity index (χ3v) is 9.53. The van der Waals surface area contributed by atoms with E-state index in [9.17, 15) is 0 Å². The molecule has 37 heavy (non-hydrogen) atoms. The second kappa shape index (κ2) is 11.8. The normalized spacial score (nSPS) is 24.8. The van der Waals surface area contributed by atoms with Crippen molar-refractivity contribution in [3.05, 3.63) is 41.2 Å². The lowest BCUT2D eigenvalue weighted by atomic mass is 9.73. The predicted octanol–water partition coefficient (Wildman–Crippen LogP) is 10.6. The number of fused-ring (bicyclic) bond motifs is 4. The van der Waals surface area contributed by atoms with Gasteiger partial charge in [-0.2, -0.15) is 4.39 Å². The van der Waals surface area contributed by atoms with Crippen LogP contribution in [0.5, 0.6) is 5.75 Å². The van der Waals surface area contributed by atoms with Crippen molar-refractivity contribution < 1.29 is 17.9 Å². The minimum Gasteiger partial charge on any atom is -0.490 e. The number of hydrogen-bond acceptors (Lipinski definition) is 1. The van der Waals surface area contributed by atoms with E-state index in [-0.39, 0.29) is 28.6 Å². The standard InChI is InChI=1S/C33H43F3O/c1-3-5-6-8-22-9-11-23(12-10-22)20-37-28-19-27-26-18-17-25(24-15-13-21(7-4-2)14-16-24)31(34)29(26)30(27)33(36)32(28)35/h17-19,21-24H,3-16,20H2,1-2H3. The molecule has 0 bridgehead atoms. The van der Waals surface area contributed by atoms with Gasteiger partial charge in [0.15, 0.2) is 11.6 Å². The maximum absolute atomic E-state index is 15.6. The van der Waals surface area contributed by atoms with Gasteiger partial charge in [-0.15, -0.1) is 0 Å². The van der Waals surface area contributed by atoms with E-state index in [1.807, 2.05) is 12.1 Å². The number of benzene rings is 2. The zero-order valence-corrected chi connectivity index (χ0v) is 22.7. The molecular formula is C33H43F3O. The van der Waals surface area contributed by atoms with Crippen LogP contribution in [0.3, 0.4) is 0 Å². The number of rotatable bonds is 10. The maximum atomic E-state index is 15.6. The Morgan fingerprint density at radius 2 is 1.32 bits per heavy atom. The molecule has 5 rings (SSSR count). The van der Waals surface area contributed by atoms with Crippen LogP contribution in [0.2, 0.25) is 0 Å². The molecule has 2 fully saturated rings. The first kappa shape index (κ1) is 26.6. The molecule has 2 aromatic carbocycles. The third-order valence-electron chi connectivity index (χ3n) is 9.53. The summed E-state index contributed by atoms with van der Waals surface area (Å²) in [5.74, 6) is -0.254. The summed E-state index contributed by atoms with van der Waals surface area (Å²) in [6, 6.07) is 5.36. The number of ether oxygens (including phenoxy) is 1. The number of unbranched alkanes of at least 4 members (excludes halogenated alkanes) is 2. The van der Waals surface area contributed by atoms with Crippen LogP contribution in [0.25, 0.3) is 22.3 Å². The molecule has 0 spiro atoms. The van der Waals surface area contributed by atoms with Crippen LogP contribution >= 0.6 is 0 Å². The lowest BCUT2D eigenvalue weighted by Crippen LogP contribution is -2.21. The molecule has 4 heteroatoms. The summed E-state index contributed by atoms with van der Waals surface area (Å²) in [6.07, 6.45) is 16.4. The molecule has 0 unspecified atom stereocenters. The Kier molecular flexibility index (Phi) is 8.51. The summed E-state index contributed by atoms with van der Waals surface area (Å²) in [4.78, 5) is 0. The van der Waals surface area contributed by atoms with Crippen LogP contribution in [-0.2, 0) is 0 Å². The third kappa shape index (κ3) is 5.45. The highest BCUT2D eigenvalue weighted by atomic mass is 19.2. The van der Waals surface area contributed by atoms with Crippen molar-refractivity contribution in [2.45, 2.75) is 110 Å². The fraction of sp³-hybridized carbons (Fsp3) is 0.636. The van der Waals surface area contributed by atoms with Gasteiger partial charge in [0.1, 0.15) is 5.82 Å². The molecule has 0 radical (unpaired) electrons. The second-order valence-corrected chi connectivity index (χ2v) is 12.0. The molecule has 202 valence electrons. The van der Waals surface area contributed by atoms with Gasteiger partial charge in [0.25, 0.3) is 0 Å². The first-order valence-electron chi connectivity index (χ1n) is 15.0. The average molecular weight is 513 g/mol. The van der Waals surface area contributed by atoms with Crippen molar-refractivity contribution in [3.63, 3.8) is 0 Å². The zero-order chi connectivity index (χ0) is 25.9. The van der Waals surface area contributed by atoms with Gasteiger partial charge >= 0.3 is 0 Å². The predicted molar refractivity (Wildman–Crippen MR) is 145 cm³/mol. The zero-order valence-electron chi connectivity index (χ0n) is 22.7. The van der Waals surface area contributed by atoms with E-state index in [2.05, 4.69) is 13.8 Å². The smallest absolute Gasteiger partial charge is 0.201 e. The van der Waals surface area contributed by atoms with Crippen LogP contribution in [0.15, 0.2) is 18.2 Å². The first-order valence-corrected chi connectivity index (χ1v) is 15.0. The average Bonchev–Trinajstić information content (AvgIpc) is 2.90. The Bertz CT molecular complexity index is 1080. The van der Waals surface area contributed by atoms with E-state index in [1.165, 1.54) is 51.4 Å². The van der Waals surface area contributed by atoms with E-state index in [0.29, 0.717) is 29.2 Å². The summed E-state index contributed by atoms with van der Waals surface area (Å²) in [6.45, 7) is 4.86. The monoisotopic (exact) mass is 512 g/mol. The molecule has 0 aromatic heterocycles. The molecule has 0 heterocycles. The Morgan fingerprint density at radius 1 is 0.676 bits per heavy atom. The lowest BCUT2D eigenvalue weighted by molar-refractivity contribution is 0.172. The van der Waals surface area contributed by atoms with Gasteiger partial charge in [-0.05, 0) is 85.0 Å². The SMILES string of the molecule is CCCCCC1CCC(COc2cc3c(c(F)c2F)-c2c-3ccc(C3CCC(CCC)CC3)c2F)CC1. The van der Waals surface area contributed by atoms with E-state index >= 15 is 13.2 Å². The Labute approximate surface area is 221 Å². The van der Waals surface area contributed by atoms with E-state index in [0.717, 1.165) is 50.4 Å². The van der Waals surface area contributed by atoms with Crippen LogP contribution in [0.1, 0.15) is 115 Å². The molecule has 0 N–H and O–H groups in total. The highest BCUT2D eigenvalue weighted by molar-refractivity contribution is 6.03. The van der Waals surface area contributed by atoms with Crippen molar-refractivity contribution in [1.29, 1.82) is 0 Å². The maximum Gasteiger partial charge on any atom is 0.201 e. The molecule has 1 nitrogen and oxygen atoms in total. The summed E-state index contributed by atoms with van der Waals surface area (Å²) >= 11 is 0. The molecule has 0 saturated heterocycles. The first-order chi connectivity index (χ1) is 18.0. The van der Waals surface area contributed by atoms with Gasteiger partial charge in [0.05, 0.1) is 6.61 Å². The van der Waals surface area contributed by atoms with E-state index < -0.39 is 11.6 Å². The summed E-state index contributed by atoms with van der Waals surface area (Å²) in [5.41, 5.74) is 2.26. The highest BCUT2D eigenvalue weighted by Gasteiger charge is 2.36. The van der Waals surface area contributed by atoms with Crippen molar-refractivity contribution in [2.24, 2.45) is 17.8 Å². The molecule has 0 amide bonds. The van der Waals surface area contributed by atoms with Gasteiger partial charge in [-0.25, -0.2) is 8.78 Å². The van der Waals surface area contributed by atoms with Crippen LogP contribution < -0.4 is 4.74 Å². The van der Waals surface area contributed by atoms with Gasteiger partial charge in [-0.1, -0.05) is 77.3 Å². The molecular weight excluding hydrogens is 469 g/mol. The Balaban J connectivity index is 1.23. The fourth-order valence-corrected chi connectivity index (χ4v) is 7.23. The topological polar surface area (TPSA) is 9.23 Å². The highest BCUT2D eigenvalue weighted by Crippen LogP contribution is 2.54. The Morgan fingerprint density at radius 3 is 2.03 bits per heavy atom. The fourth-order valence-electron chi connectivity index (χ4n) is 7.23. The minimum atomic E-state index is -0.984. The Hall–Kier alpha value is -1.97. The van der Waals surface area contributed by atoms with Crippen molar-refractivity contribution >= 4 is 0 Å². The quantitative estimate of drug-likeness (QED) is 0.245. The van der Waals surface area contributed by atoms with E-state index in [4.69, 9.17) is 4.74 Å². The van der Waals surface area contributed by atoms with E-state index in [1.54, 1.807) is 6.07 Å². The second-order valence-electron chi connectivity index (χ2n) is 12.0. The largest absolute Gasteiger partial charge is 0.490 e. The summed E-state index contributed by atoms with van der Waals surface area (Å²) in [7, 11) is 0. The van der Waals surface area contributed by atoms with Gasteiger partial charge in [-0.3, -0.25) is 0 Å². The minimum absolute atomic E-state index is 0.0364. The van der Waals surface area contributed by atoms with Gasteiger partial charge < -0.3 is 4.74 Å². The molecule has 3 aliphatic carbocycles. The molecule has 0 aliphatic heterocycles. The van der Waals surface area contributed by atoms with Gasteiger partial charge in [0.2, 0.25) is 5.82 Å². The van der Waals surface area contributed by atoms with Crippen molar-refractivity contribution in [3.8, 4) is 28.0 Å². The van der Waals surface area contributed by atoms with Crippen LogP contribution in [0, 0.1) is 35.2 Å². The molecule has 2 aromatic rings. The molecule has 3 aliphatic rings.